The fraction of sp³-hybridized carbons (Fsp3) is 0.417. The predicted molar refractivity (Wildman–Crippen MR) is 82.2 cm³/mol. The lowest BCUT2D eigenvalue weighted by atomic mass is 10.1. The highest BCUT2D eigenvalue weighted by molar-refractivity contribution is 7.91. The van der Waals surface area contributed by atoms with E-state index in [0.29, 0.717) is 17.0 Å². The number of nitrogens with one attached hydrogen (secondary N) is 2. The Labute approximate surface area is 125 Å². The minimum Gasteiger partial charge on any atom is -0.315 e. The third-order valence-corrected chi connectivity index (χ3v) is 7.03. The molecule has 0 bridgehead atoms. The quantitative estimate of drug-likeness (QED) is 0.902. The Balaban J connectivity index is 2.31. The number of hydrogen-bond donors (Lipinski definition) is 2. The fourth-order valence-electron chi connectivity index (χ4n) is 2.08. The maximum atomic E-state index is 12.3. The molecule has 0 radical (unpaired) electrons. The van der Waals surface area contributed by atoms with Gasteiger partial charge < -0.3 is 4.98 Å². The van der Waals surface area contributed by atoms with E-state index < -0.39 is 10.0 Å². The molecule has 0 aromatic carbocycles. The summed E-state index contributed by atoms with van der Waals surface area (Å²) >= 11 is 2.35. The molecule has 0 fully saturated rings. The molecule has 0 aliphatic carbocycles. The van der Waals surface area contributed by atoms with Gasteiger partial charge in [-0.25, -0.2) is 13.1 Å². The third kappa shape index (κ3) is 3.03. The molecule has 1 atom stereocenters. The van der Waals surface area contributed by atoms with E-state index in [9.17, 15) is 13.2 Å². The van der Waals surface area contributed by atoms with Gasteiger partial charge in [-0.2, -0.15) is 0 Å². The summed E-state index contributed by atoms with van der Waals surface area (Å²) in [5, 5.41) is 0. The first-order chi connectivity index (χ1) is 9.20. The van der Waals surface area contributed by atoms with Gasteiger partial charge in [-0.05, 0) is 39.3 Å². The van der Waals surface area contributed by atoms with Gasteiger partial charge in [0.2, 0.25) is 0 Å². The van der Waals surface area contributed by atoms with Crippen LogP contribution in [0.25, 0.3) is 0 Å². The Morgan fingerprint density at radius 3 is 2.35 bits per heavy atom. The molecule has 8 heteroatoms. The Morgan fingerprint density at radius 1 is 1.25 bits per heavy atom. The number of sulfonamides is 1. The highest BCUT2D eigenvalue weighted by atomic mass is 32.2. The van der Waals surface area contributed by atoms with Crippen molar-refractivity contribution in [3.05, 3.63) is 36.7 Å². The van der Waals surface area contributed by atoms with Gasteiger partial charge in [0.15, 0.2) is 4.21 Å². The van der Waals surface area contributed by atoms with Crippen molar-refractivity contribution in [2.24, 2.45) is 0 Å². The van der Waals surface area contributed by atoms with Crippen molar-refractivity contribution < 1.29 is 8.42 Å². The first kappa shape index (κ1) is 15.4. The molecule has 5 nitrogen and oxygen atoms in total. The van der Waals surface area contributed by atoms with Crippen molar-refractivity contribution in [1.82, 2.24) is 9.71 Å². The highest BCUT2D eigenvalue weighted by Gasteiger charge is 2.24. The van der Waals surface area contributed by atoms with Gasteiger partial charge in [0.1, 0.15) is 0 Å². The summed E-state index contributed by atoms with van der Waals surface area (Å²) in [5.41, 5.74) is 1.34. The molecule has 2 heterocycles. The normalized spacial score (nSPS) is 13.6. The van der Waals surface area contributed by atoms with Crippen LogP contribution in [0.2, 0.25) is 0 Å². The number of rotatable bonds is 4. The topological polar surface area (TPSA) is 79.0 Å². The van der Waals surface area contributed by atoms with E-state index in [0.717, 1.165) is 15.3 Å². The molecule has 20 heavy (non-hydrogen) atoms. The summed E-state index contributed by atoms with van der Waals surface area (Å²) < 4.78 is 27.3. The molecule has 2 rings (SSSR count). The second-order valence-corrected chi connectivity index (χ2v) is 8.99. The molecule has 0 amide bonds. The van der Waals surface area contributed by atoms with Gasteiger partial charge >= 0.3 is 4.87 Å². The Morgan fingerprint density at radius 2 is 1.90 bits per heavy atom. The smallest absolute Gasteiger partial charge is 0.305 e. The molecule has 0 saturated carbocycles. The Bertz CT molecular complexity index is 783. The average molecular weight is 332 g/mol. The minimum absolute atomic E-state index is 0.0546. The molecular weight excluding hydrogens is 316 g/mol. The number of thiazole rings is 1. The van der Waals surface area contributed by atoms with Crippen LogP contribution in [-0.4, -0.2) is 13.4 Å². The van der Waals surface area contributed by atoms with E-state index in [2.05, 4.69) is 9.71 Å². The highest BCUT2D eigenvalue weighted by Crippen LogP contribution is 2.27. The summed E-state index contributed by atoms with van der Waals surface area (Å²) in [4.78, 5) is 15.6. The predicted octanol–water partition coefficient (Wildman–Crippen LogP) is 2.46. The van der Waals surface area contributed by atoms with Crippen LogP contribution in [0.4, 0.5) is 0 Å². The number of H-pyrrole nitrogens is 1. The molecule has 2 N–H and O–H groups in total. The fourth-order valence-corrected chi connectivity index (χ4v) is 5.64. The summed E-state index contributed by atoms with van der Waals surface area (Å²) in [5.74, 6) is 0. The van der Waals surface area contributed by atoms with Crippen molar-refractivity contribution in [1.29, 1.82) is 0 Å². The lowest BCUT2D eigenvalue weighted by Gasteiger charge is -2.13. The number of aromatic nitrogens is 1. The van der Waals surface area contributed by atoms with E-state index >= 15 is 0 Å². The van der Waals surface area contributed by atoms with E-state index in [1.165, 1.54) is 0 Å². The van der Waals surface area contributed by atoms with Gasteiger partial charge in [0.25, 0.3) is 10.0 Å². The molecule has 2 aromatic heterocycles. The molecule has 0 saturated heterocycles. The molecule has 110 valence electrons. The van der Waals surface area contributed by atoms with Gasteiger partial charge in [-0.15, -0.1) is 11.3 Å². The Kier molecular flexibility index (Phi) is 4.19. The first-order valence-corrected chi connectivity index (χ1v) is 9.11. The number of aromatic amines is 1. The standard InChI is InChI=1S/C12H16N2O3S3/c1-6-5-10(9(4)18-6)7(2)14-20(16,17)11-8(3)13-12(15)19-11/h5,7,14H,1-4H3,(H,13,15). The van der Waals surface area contributed by atoms with Crippen LogP contribution in [0.3, 0.4) is 0 Å². The average Bonchev–Trinajstić information content (AvgIpc) is 2.81. The maximum Gasteiger partial charge on any atom is 0.305 e. The lowest BCUT2D eigenvalue weighted by molar-refractivity contribution is 0.568. The molecule has 0 aliphatic heterocycles. The van der Waals surface area contributed by atoms with Crippen molar-refractivity contribution in [2.45, 2.75) is 37.9 Å². The van der Waals surface area contributed by atoms with Crippen molar-refractivity contribution >= 4 is 32.7 Å². The number of thiophene rings is 1. The second-order valence-electron chi connectivity index (χ2n) is 4.64. The third-order valence-electron chi connectivity index (χ3n) is 2.90. The minimum atomic E-state index is -3.68. The summed E-state index contributed by atoms with van der Waals surface area (Å²) in [7, 11) is -3.68. The van der Waals surface area contributed by atoms with E-state index in [1.807, 2.05) is 19.9 Å². The van der Waals surface area contributed by atoms with Crippen molar-refractivity contribution in [2.75, 3.05) is 0 Å². The first-order valence-electron chi connectivity index (χ1n) is 5.99. The molecular formula is C12H16N2O3S3. The molecule has 2 aromatic rings. The zero-order valence-electron chi connectivity index (χ0n) is 11.6. The molecule has 0 spiro atoms. The van der Waals surface area contributed by atoms with Gasteiger partial charge in [-0.3, -0.25) is 4.79 Å². The Hall–Kier alpha value is -0.960. The van der Waals surface area contributed by atoms with Crippen molar-refractivity contribution in [3.8, 4) is 0 Å². The summed E-state index contributed by atoms with van der Waals surface area (Å²) in [6, 6.07) is 1.65. The number of aryl methyl sites for hydroxylation is 3. The van der Waals surface area contributed by atoms with Gasteiger partial charge in [0.05, 0.1) is 0 Å². The van der Waals surface area contributed by atoms with Gasteiger partial charge in [0, 0.05) is 21.5 Å². The summed E-state index contributed by atoms with van der Waals surface area (Å²) in [6.07, 6.45) is 0. The van der Waals surface area contributed by atoms with Crippen LogP contribution in [-0.2, 0) is 10.0 Å². The number of hydrogen-bond acceptors (Lipinski definition) is 5. The van der Waals surface area contributed by atoms with Crippen LogP contribution in [0.5, 0.6) is 0 Å². The van der Waals surface area contributed by atoms with Crippen LogP contribution < -0.4 is 9.60 Å². The van der Waals surface area contributed by atoms with E-state index in [-0.39, 0.29) is 15.1 Å². The van der Waals surface area contributed by atoms with E-state index in [1.54, 1.807) is 25.2 Å². The van der Waals surface area contributed by atoms with E-state index in [4.69, 9.17) is 0 Å². The summed E-state index contributed by atoms with van der Waals surface area (Å²) in [6.45, 7) is 7.34. The largest absolute Gasteiger partial charge is 0.315 e. The van der Waals surface area contributed by atoms with Gasteiger partial charge in [-0.1, -0.05) is 11.3 Å². The maximum absolute atomic E-state index is 12.3. The zero-order chi connectivity index (χ0) is 15.1. The van der Waals surface area contributed by atoms with Crippen LogP contribution in [0.1, 0.15) is 34.0 Å². The second kappa shape index (κ2) is 5.44. The lowest BCUT2D eigenvalue weighted by Crippen LogP contribution is -2.26. The molecule has 0 aliphatic rings. The molecule has 1 unspecified atom stereocenters. The SMILES string of the molecule is Cc1cc(C(C)NS(=O)(=O)c2sc(=O)[nH]c2C)c(C)s1. The van der Waals surface area contributed by atoms with Crippen LogP contribution in [0.15, 0.2) is 15.1 Å². The zero-order valence-corrected chi connectivity index (χ0v) is 14.1. The van der Waals surface area contributed by atoms with Crippen LogP contribution >= 0.6 is 22.7 Å². The monoisotopic (exact) mass is 332 g/mol. The van der Waals surface area contributed by atoms with Crippen LogP contribution in [0, 0.1) is 20.8 Å². The van der Waals surface area contributed by atoms with Crippen molar-refractivity contribution in [3.63, 3.8) is 0 Å².